The smallest absolute Gasteiger partial charge is 0.123 e. The number of hydrogen-bond donors (Lipinski definition) is 1. The van der Waals surface area contributed by atoms with Gasteiger partial charge in [0.15, 0.2) is 0 Å². The number of benzene rings is 1. The van der Waals surface area contributed by atoms with Gasteiger partial charge in [0.1, 0.15) is 12.4 Å². The first kappa shape index (κ1) is 12.9. The van der Waals surface area contributed by atoms with Gasteiger partial charge in [0.2, 0.25) is 0 Å². The Morgan fingerprint density at radius 2 is 2.00 bits per heavy atom. The summed E-state index contributed by atoms with van der Waals surface area (Å²) in [6, 6.07) is 7.99. The number of hydrogen-bond acceptors (Lipinski definition) is 3. The van der Waals surface area contributed by atoms with Crippen molar-refractivity contribution >= 4 is 0 Å². The maximum Gasteiger partial charge on any atom is 0.123 e. The third-order valence-corrected chi connectivity index (χ3v) is 4.47. The van der Waals surface area contributed by atoms with E-state index in [-0.39, 0.29) is 11.7 Å². The SMILES string of the molecule is NCc1ccccc1OCC1CCC2(CCCC2)O1. The zero-order chi connectivity index (χ0) is 13.1. The molecule has 1 spiro atoms. The van der Waals surface area contributed by atoms with Gasteiger partial charge < -0.3 is 15.2 Å². The maximum atomic E-state index is 6.25. The van der Waals surface area contributed by atoms with E-state index in [1.165, 1.54) is 32.1 Å². The minimum absolute atomic E-state index is 0.196. The van der Waals surface area contributed by atoms with Crippen molar-refractivity contribution in [1.82, 2.24) is 0 Å². The van der Waals surface area contributed by atoms with Crippen LogP contribution in [0.2, 0.25) is 0 Å². The third kappa shape index (κ3) is 2.77. The fourth-order valence-corrected chi connectivity index (χ4v) is 3.40. The van der Waals surface area contributed by atoms with Crippen LogP contribution in [-0.4, -0.2) is 18.3 Å². The molecule has 3 rings (SSSR count). The Morgan fingerprint density at radius 1 is 1.21 bits per heavy atom. The Bertz CT molecular complexity index is 427. The second-order valence-electron chi connectivity index (χ2n) is 5.79. The molecule has 1 aliphatic carbocycles. The molecule has 1 aromatic carbocycles. The van der Waals surface area contributed by atoms with Gasteiger partial charge in [-0.25, -0.2) is 0 Å². The highest BCUT2D eigenvalue weighted by Crippen LogP contribution is 2.43. The van der Waals surface area contributed by atoms with E-state index in [9.17, 15) is 0 Å². The molecule has 2 aliphatic rings. The first-order valence-corrected chi connectivity index (χ1v) is 7.40. The van der Waals surface area contributed by atoms with Gasteiger partial charge in [-0.05, 0) is 31.7 Å². The molecule has 1 aromatic rings. The van der Waals surface area contributed by atoms with Gasteiger partial charge >= 0.3 is 0 Å². The Labute approximate surface area is 115 Å². The lowest BCUT2D eigenvalue weighted by Gasteiger charge is -2.24. The van der Waals surface area contributed by atoms with E-state index in [1.54, 1.807) is 0 Å². The van der Waals surface area contributed by atoms with Crippen molar-refractivity contribution in [1.29, 1.82) is 0 Å². The summed E-state index contributed by atoms with van der Waals surface area (Å²) in [5.41, 5.74) is 6.98. The lowest BCUT2D eigenvalue weighted by molar-refractivity contribution is -0.0509. The zero-order valence-corrected chi connectivity index (χ0v) is 11.4. The van der Waals surface area contributed by atoms with Crippen molar-refractivity contribution in [2.75, 3.05) is 6.61 Å². The van der Waals surface area contributed by atoms with Crippen molar-refractivity contribution in [3.8, 4) is 5.75 Å². The van der Waals surface area contributed by atoms with Crippen LogP contribution in [0.15, 0.2) is 24.3 Å². The molecule has 3 nitrogen and oxygen atoms in total. The molecule has 2 N–H and O–H groups in total. The highest BCUT2D eigenvalue weighted by Gasteiger charge is 2.42. The van der Waals surface area contributed by atoms with Gasteiger partial charge in [-0.3, -0.25) is 0 Å². The molecule has 1 heterocycles. The average Bonchev–Trinajstić information content (AvgIpc) is 3.07. The summed E-state index contributed by atoms with van der Waals surface area (Å²) in [6.07, 6.45) is 7.72. The van der Waals surface area contributed by atoms with E-state index >= 15 is 0 Å². The van der Waals surface area contributed by atoms with Crippen molar-refractivity contribution in [2.24, 2.45) is 5.73 Å². The minimum atomic E-state index is 0.196. The van der Waals surface area contributed by atoms with Crippen LogP contribution in [0.4, 0.5) is 0 Å². The summed E-state index contributed by atoms with van der Waals surface area (Å²) in [4.78, 5) is 0. The largest absolute Gasteiger partial charge is 0.491 e. The molecule has 1 unspecified atom stereocenters. The molecular formula is C16H23NO2. The number of para-hydroxylation sites is 1. The summed E-state index contributed by atoms with van der Waals surface area (Å²) in [6.45, 7) is 1.17. The first-order valence-electron chi connectivity index (χ1n) is 7.40. The molecule has 0 bridgehead atoms. The summed E-state index contributed by atoms with van der Waals surface area (Å²) >= 11 is 0. The van der Waals surface area contributed by atoms with Crippen LogP contribution in [0.5, 0.6) is 5.75 Å². The van der Waals surface area contributed by atoms with Crippen LogP contribution in [-0.2, 0) is 11.3 Å². The van der Waals surface area contributed by atoms with Gasteiger partial charge in [-0.15, -0.1) is 0 Å². The number of nitrogens with two attached hydrogens (primary N) is 1. The summed E-state index contributed by atoms with van der Waals surface area (Å²) in [5.74, 6) is 0.904. The molecular weight excluding hydrogens is 238 g/mol. The normalized spacial score (nSPS) is 25.0. The minimum Gasteiger partial charge on any atom is -0.491 e. The molecule has 0 radical (unpaired) electrons. The van der Waals surface area contributed by atoms with Gasteiger partial charge in [-0.1, -0.05) is 31.0 Å². The van der Waals surface area contributed by atoms with Crippen molar-refractivity contribution < 1.29 is 9.47 Å². The Morgan fingerprint density at radius 3 is 2.79 bits per heavy atom. The van der Waals surface area contributed by atoms with E-state index in [2.05, 4.69) is 0 Å². The van der Waals surface area contributed by atoms with Crippen molar-refractivity contribution in [3.05, 3.63) is 29.8 Å². The van der Waals surface area contributed by atoms with Crippen LogP contribution in [0.3, 0.4) is 0 Å². The van der Waals surface area contributed by atoms with Gasteiger partial charge in [0.05, 0.1) is 11.7 Å². The highest BCUT2D eigenvalue weighted by atomic mass is 16.6. The van der Waals surface area contributed by atoms with Crippen LogP contribution in [0.1, 0.15) is 44.1 Å². The predicted molar refractivity (Wildman–Crippen MR) is 75.1 cm³/mol. The topological polar surface area (TPSA) is 44.5 Å². The van der Waals surface area contributed by atoms with Gasteiger partial charge in [-0.2, -0.15) is 0 Å². The fourth-order valence-electron chi connectivity index (χ4n) is 3.40. The lowest BCUT2D eigenvalue weighted by atomic mass is 9.98. The zero-order valence-electron chi connectivity index (χ0n) is 11.4. The van der Waals surface area contributed by atoms with E-state index in [0.717, 1.165) is 17.7 Å². The summed E-state index contributed by atoms with van der Waals surface area (Å²) in [5, 5.41) is 0. The van der Waals surface area contributed by atoms with E-state index in [4.69, 9.17) is 15.2 Å². The Kier molecular flexibility index (Phi) is 3.76. The molecule has 104 valence electrons. The van der Waals surface area contributed by atoms with Crippen molar-refractivity contribution in [2.45, 2.75) is 56.8 Å². The highest BCUT2D eigenvalue weighted by molar-refractivity contribution is 5.33. The monoisotopic (exact) mass is 261 g/mol. The second kappa shape index (κ2) is 5.51. The molecule has 1 atom stereocenters. The Hall–Kier alpha value is -1.06. The van der Waals surface area contributed by atoms with E-state index in [0.29, 0.717) is 13.2 Å². The van der Waals surface area contributed by atoms with Crippen molar-refractivity contribution in [3.63, 3.8) is 0 Å². The molecule has 19 heavy (non-hydrogen) atoms. The standard InChI is InChI=1S/C16H23NO2/c17-11-13-5-1-2-6-15(13)18-12-14-7-10-16(19-14)8-3-4-9-16/h1-2,5-6,14H,3-4,7-12,17H2. The number of rotatable bonds is 4. The van der Waals surface area contributed by atoms with Crippen LogP contribution in [0.25, 0.3) is 0 Å². The Balaban J connectivity index is 1.55. The molecule has 2 fully saturated rings. The summed E-state index contributed by atoms with van der Waals surface area (Å²) < 4.78 is 12.2. The van der Waals surface area contributed by atoms with E-state index in [1.807, 2.05) is 24.3 Å². The third-order valence-electron chi connectivity index (χ3n) is 4.47. The first-order chi connectivity index (χ1) is 9.31. The average molecular weight is 261 g/mol. The van der Waals surface area contributed by atoms with Crippen LogP contribution < -0.4 is 10.5 Å². The lowest BCUT2D eigenvalue weighted by Crippen LogP contribution is -2.27. The van der Waals surface area contributed by atoms with Gasteiger partial charge in [0, 0.05) is 12.1 Å². The van der Waals surface area contributed by atoms with E-state index < -0.39 is 0 Å². The molecule has 0 aromatic heterocycles. The quantitative estimate of drug-likeness (QED) is 0.906. The molecule has 1 saturated heterocycles. The maximum absolute atomic E-state index is 6.25. The molecule has 3 heteroatoms. The summed E-state index contributed by atoms with van der Waals surface area (Å²) in [7, 11) is 0. The number of ether oxygens (including phenoxy) is 2. The predicted octanol–water partition coefficient (Wildman–Crippen LogP) is 3.02. The van der Waals surface area contributed by atoms with Crippen LogP contribution in [0, 0.1) is 0 Å². The second-order valence-corrected chi connectivity index (χ2v) is 5.79. The molecule has 1 saturated carbocycles. The molecule has 0 amide bonds. The fraction of sp³-hybridized carbons (Fsp3) is 0.625. The molecule has 1 aliphatic heterocycles. The van der Waals surface area contributed by atoms with Gasteiger partial charge in [0.25, 0.3) is 0 Å². The van der Waals surface area contributed by atoms with Crippen LogP contribution >= 0.6 is 0 Å².